The second-order valence-electron chi connectivity index (χ2n) is 9.25. The van der Waals surface area contributed by atoms with Crippen LogP contribution < -0.4 is 5.32 Å². The highest BCUT2D eigenvalue weighted by Gasteiger charge is 2.14. The smallest absolute Gasteiger partial charge is 0.0859 e. The van der Waals surface area contributed by atoms with Gasteiger partial charge in [0.2, 0.25) is 0 Å². The molecule has 0 saturated carbocycles. The van der Waals surface area contributed by atoms with Crippen molar-refractivity contribution >= 4 is 29.9 Å². The maximum Gasteiger partial charge on any atom is 0.0859 e. The molecule has 0 fully saturated rings. The van der Waals surface area contributed by atoms with Crippen LogP contribution in [0.1, 0.15) is 38.3 Å². The molecule has 0 unspecified atom stereocenters. The Morgan fingerprint density at radius 1 is 0.968 bits per heavy atom. The van der Waals surface area contributed by atoms with Gasteiger partial charge in [-0.25, -0.2) is 0 Å². The van der Waals surface area contributed by atoms with Crippen molar-refractivity contribution < 1.29 is 0 Å². The van der Waals surface area contributed by atoms with Crippen LogP contribution in [0.5, 0.6) is 0 Å². The van der Waals surface area contributed by atoms with Gasteiger partial charge in [0, 0.05) is 17.2 Å². The van der Waals surface area contributed by atoms with Gasteiger partial charge in [-0.1, -0.05) is 74.9 Å². The van der Waals surface area contributed by atoms with Crippen molar-refractivity contribution in [2.75, 3.05) is 17.6 Å². The summed E-state index contributed by atoms with van der Waals surface area (Å²) < 4.78 is 0. The van der Waals surface area contributed by atoms with Crippen LogP contribution in [0.4, 0.5) is 11.4 Å². The van der Waals surface area contributed by atoms with Crippen LogP contribution in [0.2, 0.25) is 0 Å². The van der Waals surface area contributed by atoms with E-state index in [0.717, 1.165) is 36.5 Å². The van der Waals surface area contributed by atoms with Crippen molar-refractivity contribution in [1.29, 1.82) is 0 Å². The van der Waals surface area contributed by atoms with E-state index in [0.29, 0.717) is 0 Å². The van der Waals surface area contributed by atoms with Crippen molar-refractivity contribution in [1.82, 2.24) is 0 Å². The summed E-state index contributed by atoms with van der Waals surface area (Å²) in [5.41, 5.74) is 7.37. The number of anilines is 1. The first-order chi connectivity index (χ1) is 14.9. The third-order valence-electron chi connectivity index (χ3n) is 5.11. The maximum atomic E-state index is 4.30. The largest absolute Gasteiger partial charge is 0.383 e. The van der Waals surface area contributed by atoms with E-state index < -0.39 is 0 Å². The highest BCUT2D eigenvalue weighted by Crippen LogP contribution is 2.37. The Morgan fingerprint density at radius 3 is 2.42 bits per heavy atom. The van der Waals surface area contributed by atoms with Gasteiger partial charge in [0.05, 0.1) is 11.4 Å². The molecule has 3 heteroatoms. The zero-order chi connectivity index (χ0) is 22.3. The SMILES string of the molecule is C=Nc1cc(-c2ccccc2SCC(C)(C)C)ccc1NCCCc1ccc(C)cc1. The number of hydrogen-bond donors (Lipinski definition) is 1. The fourth-order valence-corrected chi connectivity index (χ4v) is 4.48. The molecule has 0 aromatic heterocycles. The number of hydrogen-bond acceptors (Lipinski definition) is 3. The average Bonchev–Trinajstić information content (AvgIpc) is 2.76. The van der Waals surface area contributed by atoms with E-state index >= 15 is 0 Å². The van der Waals surface area contributed by atoms with Crippen molar-refractivity contribution in [2.24, 2.45) is 10.4 Å². The molecule has 0 atom stereocenters. The first-order valence-corrected chi connectivity index (χ1v) is 12.0. The highest BCUT2D eigenvalue weighted by molar-refractivity contribution is 7.99. The quantitative estimate of drug-likeness (QED) is 0.210. The molecule has 162 valence electrons. The highest BCUT2D eigenvalue weighted by atomic mass is 32.2. The van der Waals surface area contributed by atoms with Crippen LogP contribution in [0.15, 0.2) is 76.6 Å². The lowest BCUT2D eigenvalue weighted by Gasteiger charge is -2.19. The van der Waals surface area contributed by atoms with E-state index in [1.165, 1.54) is 27.1 Å². The Bertz CT molecular complexity index is 1000. The normalized spacial score (nSPS) is 11.4. The molecule has 3 rings (SSSR count). The fraction of sp³-hybridized carbons (Fsp3) is 0.321. The lowest BCUT2D eigenvalue weighted by Crippen LogP contribution is -2.08. The number of aryl methyl sites for hydroxylation is 2. The summed E-state index contributed by atoms with van der Waals surface area (Å²) in [4.78, 5) is 5.61. The van der Waals surface area contributed by atoms with Crippen LogP contribution in [-0.4, -0.2) is 19.0 Å². The molecule has 0 heterocycles. The molecule has 3 aromatic carbocycles. The average molecular weight is 431 g/mol. The molecular weight excluding hydrogens is 396 g/mol. The number of benzene rings is 3. The van der Waals surface area contributed by atoms with Crippen molar-refractivity contribution in [2.45, 2.75) is 45.4 Å². The second kappa shape index (κ2) is 10.7. The third-order valence-corrected chi connectivity index (χ3v) is 6.78. The van der Waals surface area contributed by atoms with Gasteiger partial charge in [-0.3, -0.25) is 4.99 Å². The van der Waals surface area contributed by atoms with Crippen LogP contribution in [-0.2, 0) is 6.42 Å². The summed E-state index contributed by atoms with van der Waals surface area (Å²) in [5, 5.41) is 3.55. The van der Waals surface area contributed by atoms with Gasteiger partial charge in [0.1, 0.15) is 0 Å². The van der Waals surface area contributed by atoms with Gasteiger partial charge in [-0.2, -0.15) is 0 Å². The Kier molecular flexibility index (Phi) is 7.97. The Hall–Kier alpha value is -2.52. The minimum atomic E-state index is 0.290. The first-order valence-electron chi connectivity index (χ1n) is 11.0. The van der Waals surface area contributed by atoms with E-state index in [2.05, 4.69) is 111 Å². The monoisotopic (exact) mass is 430 g/mol. The molecule has 0 saturated heterocycles. The van der Waals surface area contributed by atoms with E-state index in [-0.39, 0.29) is 5.41 Å². The molecule has 0 aliphatic heterocycles. The Labute approximate surface area is 192 Å². The van der Waals surface area contributed by atoms with Gasteiger partial charge in [-0.05, 0) is 66.8 Å². The second-order valence-corrected chi connectivity index (χ2v) is 10.3. The number of nitrogens with one attached hydrogen (secondary N) is 1. The maximum absolute atomic E-state index is 4.30. The van der Waals surface area contributed by atoms with Crippen LogP contribution in [0.3, 0.4) is 0 Å². The van der Waals surface area contributed by atoms with Gasteiger partial charge in [-0.15, -0.1) is 11.8 Å². The Balaban J connectivity index is 1.67. The zero-order valence-corrected chi connectivity index (χ0v) is 20.1. The van der Waals surface area contributed by atoms with Gasteiger partial charge in [0.15, 0.2) is 0 Å². The molecule has 0 amide bonds. The summed E-state index contributed by atoms with van der Waals surface area (Å²) in [7, 11) is 0. The van der Waals surface area contributed by atoms with Crippen molar-refractivity contribution in [3.63, 3.8) is 0 Å². The lowest BCUT2D eigenvalue weighted by atomic mass is 10.0. The van der Waals surface area contributed by atoms with Crippen molar-refractivity contribution in [3.8, 4) is 11.1 Å². The predicted molar refractivity (Wildman–Crippen MR) is 139 cm³/mol. The Morgan fingerprint density at radius 2 is 1.71 bits per heavy atom. The third kappa shape index (κ3) is 7.00. The lowest BCUT2D eigenvalue weighted by molar-refractivity contribution is 0.481. The molecule has 3 aromatic rings. The standard InChI is InChI=1S/C28H34N2S/c1-21-12-14-22(15-13-21)9-8-18-30-25-17-16-23(19-26(25)29-5)24-10-6-7-11-27(24)31-20-28(2,3)4/h6-7,10-17,19,30H,5,8-9,18,20H2,1-4H3. The van der Waals surface area contributed by atoms with E-state index in [1.807, 2.05) is 11.8 Å². The molecule has 0 bridgehead atoms. The fourth-order valence-electron chi connectivity index (χ4n) is 3.38. The molecule has 0 aliphatic carbocycles. The van der Waals surface area contributed by atoms with Crippen LogP contribution >= 0.6 is 11.8 Å². The number of rotatable bonds is 9. The molecule has 0 aliphatic rings. The van der Waals surface area contributed by atoms with Gasteiger partial charge >= 0.3 is 0 Å². The molecule has 0 radical (unpaired) electrons. The number of aliphatic imine (C=N–C) groups is 1. The van der Waals surface area contributed by atoms with E-state index in [1.54, 1.807) is 0 Å². The molecular formula is C28H34N2S. The van der Waals surface area contributed by atoms with Crippen LogP contribution in [0.25, 0.3) is 11.1 Å². The van der Waals surface area contributed by atoms with E-state index in [4.69, 9.17) is 0 Å². The minimum absolute atomic E-state index is 0.290. The summed E-state index contributed by atoms with van der Waals surface area (Å²) in [6.07, 6.45) is 2.15. The molecule has 31 heavy (non-hydrogen) atoms. The summed E-state index contributed by atoms with van der Waals surface area (Å²) in [6.45, 7) is 13.7. The topological polar surface area (TPSA) is 24.4 Å². The van der Waals surface area contributed by atoms with Gasteiger partial charge < -0.3 is 5.32 Å². The van der Waals surface area contributed by atoms with Gasteiger partial charge in [0.25, 0.3) is 0 Å². The minimum Gasteiger partial charge on any atom is -0.383 e. The summed E-state index contributed by atoms with van der Waals surface area (Å²) >= 11 is 1.92. The van der Waals surface area contributed by atoms with E-state index in [9.17, 15) is 0 Å². The zero-order valence-electron chi connectivity index (χ0n) is 19.2. The number of thioether (sulfide) groups is 1. The van der Waals surface area contributed by atoms with Crippen molar-refractivity contribution in [3.05, 3.63) is 77.9 Å². The molecule has 2 nitrogen and oxygen atoms in total. The number of nitrogens with zero attached hydrogens (tertiary/aromatic N) is 1. The summed E-state index contributed by atoms with van der Waals surface area (Å²) in [5.74, 6) is 1.08. The molecule has 0 spiro atoms. The summed E-state index contributed by atoms with van der Waals surface area (Å²) in [6, 6.07) is 23.9. The first kappa shape index (κ1) is 23.1. The molecule has 1 N–H and O–H groups in total. The predicted octanol–water partition coefficient (Wildman–Crippen LogP) is 8.18. The van der Waals surface area contributed by atoms with Crippen LogP contribution in [0, 0.1) is 12.3 Å².